The maximum absolute atomic E-state index is 13.4. The molecule has 3 aromatic rings. The van der Waals surface area contributed by atoms with Crippen molar-refractivity contribution in [3.05, 3.63) is 71.8 Å². The van der Waals surface area contributed by atoms with Gasteiger partial charge in [0.25, 0.3) is 5.91 Å². The third-order valence-electron chi connectivity index (χ3n) is 6.14. The van der Waals surface area contributed by atoms with Crippen LogP contribution >= 0.6 is 0 Å². The van der Waals surface area contributed by atoms with Crippen LogP contribution in [0.4, 0.5) is 5.82 Å². The van der Waals surface area contributed by atoms with E-state index in [2.05, 4.69) is 10.4 Å². The zero-order chi connectivity index (χ0) is 20.5. The first-order valence-corrected chi connectivity index (χ1v) is 10.5. The SMILES string of the molecule is O=C(Nc1ccnn1C1CCCC1)C1Cc2ccccc2CN1C(=O)c1ccco1. The molecule has 0 radical (unpaired) electrons. The maximum atomic E-state index is 13.4. The van der Waals surface area contributed by atoms with E-state index in [4.69, 9.17) is 4.42 Å². The number of furan rings is 1. The van der Waals surface area contributed by atoms with Crippen LogP contribution in [0.2, 0.25) is 0 Å². The van der Waals surface area contributed by atoms with E-state index in [9.17, 15) is 9.59 Å². The summed E-state index contributed by atoms with van der Waals surface area (Å²) in [6.45, 7) is 0.371. The number of aromatic nitrogens is 2. The van der Waals surface area contributed by atoms with Gasteiger partial charge in [0, 0.05) is 19.0 Å². The molecule has 0 saturated heterocycles. The summed E-state index contributed by atoms with van der Waals surface area (Å²) in [4.78, 5) is 28.1. The number of hydrogen-bond donors (Lipinski definition) is 1. The fourth-order valence-corrected chi connectivity index (χ4v) is 4.58. The van der Waals surface area contributed by atoms with Crippen LogP contribution in [-0.2, 0) is 17.8 Å². The van der Waals surface area contributed by atoms with Gasteiger partial charge in [0.05, 0.1) is 18.5 Å². The summed E-state index contributed by atoms with van der Waals surface area (Å²) in [5.74, 6) is 0.447. The lowest BCUT2D eigenvalue weighted by atomic mass is 9.93. The highest BCUT2D eigenvalue weighted by Crippen LogP contribution is 2.32. The van der Waals surface area contributed by atoms with Crippen LogP contribution in [0.5, 0.6) is 0 Å². The largest absolute Gasteiger partial charge is 0.459 e. The molecule has 1 aliphatic heterocycles. The molecule has 30 heavy (non-hydrogen) atoms. The van der Waals surface area contributed by atoms with E-state index in [1.165, 1.54) is 19.1 Å². The zero-order valence-corrected chi connectivity index (χ0v) is 16.7. The van der Waals surface area contributed by atoms with Gasteiger partial charge < -0.3 is 14.6 Å². The highest BCUT2D eigenvalue weighted by atomic mass is 16.3. The first-order chi connectivity index (χ1) is 14.7. The molecule has 1 N–H and O–H groups in total. The number of benzene rings is 1. The number of nitrogens with zero attached hydrogens (tertiary/aromatic N) is 3. The van der Waals surface area contributed by atoms with Gasteiger partial charge in [-0.05, 0) is 36.1 Å². The molecule has 1 aliphatic carbocycles. The Hall–Kier alpha value is -3.35. The molecule has 154 valence electrons. The Kier molecular flexibility index (Phi) is 4.86. The van der Waals surface area contributed by atoms with Gasteiger partial charge in [-0.1, -0.05) is 37.1 Å². The highest BCUT2D eigenvalue weighted by molar-refractivity contribution is 6.00. The third kappa shape index (κ3) is 3.40. The van der Waals surface area contributed by atoms with E-state index in [-0.39, 0.29) is 17.6 Å². The van der Waals surface area contributed by atoms with Crippen molar-refractivity contribution in [1.82, 2.24) is 14.7 Å². The zero-order valence-electron chi connectivity index (χ0n) is 16.7. The van der Waals surface area contributed by atoms with Crippen molar-refractivity contribution >= 4 is 17.6 Å². The standard InChI is InChI=1S/C23H24N4O3/c28-22(25-21-11-12-24-27(21)18-8-3-4-9-18)19-14-16-6-1-2-7-17(16)15-26(19)23(29)20-10-5-13-30-20/h1-2,5-7,10-13,18-19H,3-4,8-9,14-15H2,(H,25,28). The summed E-state index contributed by atoms with van der Waals surface area (Å²) in [5.41, 5.74) is 2.14. The Labute approximate surface area is 174 Å². The average molecular weight is 404 g/mol. The van der Waals surface area contributed by atoms with E-state index < -0.39 is 6.04 Å². The topological polar surface area (TPSA) is 80.4 Å². The van der Waals surface area contributed by atoms with Gasteiger partial charge in [-0.2, -0.15) is 5.10 Å². The van der Waals surface area contributed by atoms with Gasteiger partial charge in [-0.25, -0.2) is 4.68 Å². The minimum atomic E-state index is -0.621. The first-order valence-electron chi connectivity index (χ1n) is 10.5. The molecule has 0 bridgehead atoms. The molecule has 1 aromatic carbocycles. The molecule has 3 heterocycles. The van der Waals surface area contributed by atoms with E-state index in [0.717, 1.165) is 24.0 Å². The maximum Gasteiger partial charge on any atom is 0.290 e. The smallest absolute Gasteiger partial charge is 0.290 e. The number of amides is 2. The molecule has 2 amide bonds. The molecule has 7 nitrogen and oxygen atoms in total. The first kappa shape index (κ1) is 18.7. The number of fused-ring (bicyclic) bond motifs is 1. The van der Waals surface area contributed by atoms with Gasteiger partial charge in [0.15, 0.2) is 5.76 Å². The quantitative estimate of drug-likeness (QED) is 0.717. The molecular weight excluding hydrogens is 380 g/mol. The number of rotatable bonds is 4. The van der Waals surface area contributed by atoms with Crippen LogP contribution < -0.4 is 5.32 Å². The predicted octanol–water partition coefficient (Wildman–Crippen LogP) is 3.80. The third-order valence-corrected chi connectivity index (χ3v) is 6.14. The number of nitrogens with one attached hydrogen (secondary N) is 1. The monoisotopic (exact) mass is 404 g/mol. The van der Waals surface area contributed by atoms with Crippen LogP contribution in [0.3, 0.4) is 0 Å². The summed E-state index contributed by atoms with van der Waals surface area (Å²) in [5, 5.41) is 7.47. The summed E-state index contributed by atoms with van der Waals surface area (Å²) >= 11 is 0. The summed E-state index contributed by atoms with van der Waals surface area (Å²) < 4.78 is 7.24. The molecule has 1 atom stereocenters. The summed E-state index contributed by atoms with van der Waals surface area (Å²) in [6.07, 6.45) is 8.17. The molecule has 1 fully saturated rings. The van der Waals surface area contributed by atoms with Crippen LogP contribution in [0, 0.1) is 0 Å². The average Bonchev–Trinajstić information content (AvgIpc) is 3.54. The van der Waals surface area contributed by atoms with Crippen molar-refractivity contribution < 1.29 is 14.0 Å². The van der Waals surface area contributed by atoms with Crippen molar-refractivity contribution in [3.8, 4) is 0 Å². The lowest BCUT2D eigenvalue weighted by Gasteiger charge is -2.35. The van der Waals surface area contributed by atoms with E-state index in [1.54, 1.807) is 23.2 Å². The van der Waals surface area contributed by atoms with E-state index in [0.29, 0.717) is 24.8 Å². The number of hydrogen-bond acceptors (Lipinski definition) is 4. The molecule has 2 aromatic heterocycles. The van der Waals surface area contributed by atoms with Gasteiger partial charge in [0.2, 0.25) is 5.91 Å². The Balaban J connectivity index is 1.42. The van der Waals surface area contributed by atoms with Crippen LogP contribution in [-0.4, -0.2) is 32.5 Å². The Morgan fingerprint density at radius 2 is 1.83 bits per heavy atom. The van der Waals surface area contributed by atoms with Crippen molar-refractivity contribution in [3.63, 3.8) is 0 Å². The normalized spacial score (nSPS) is 18.9. The second-order valence-electron chi connectivity index (χ2n) is 7.99. The Morgan fingerprint density at radius 1 is 1.03 bits per heavy atom. The highest BCUT2D eigenvalue weighted by Gasteiger charge is 2.36. The van der Waals surface area contributed by atoms with Crippen molar-refractivity contribution in [2.75, 3.05) is 5.32 Å². The van der Waals surface area contributed by atoms with E-state index >= 15 is 0 Å². The second kappa shape index (κ2) is 7.82. The summed E-state index contributed by atoms with van der Waals surface area (Å²) in [6, 6.07) is 12.8. The molecule has 1 unspecified atom stereocenters. The van der Waals surface area contributed by atoms with Crippen molar-refractivity contribution in [1.29, 1.82) is 0 Å². The second-order valence-corrected chi connectivity index (χ2v) is 7.99. The molecule has 5 rings (SSSR count). The molecule has 0 spiro atoms. The van der Waals surface area contributed by atoms with Crippen molar-refractivity contribution in [2.24, 2.45) is 0 Å². The van der Waals surface area contributed by atoms with Gasteiger partial charge in [-0.3, -0.25) is 9.59 Å². The predicted molar refractivity (Wildman–Crippen MR) is 111 cm³/mol. The number of anilines is 1. The van der Waals surface area contributed by atoms with Gasteiger partial charge >= 0.3 is 0 Å². The van der Waals surface area contributed by atoms with Crippen LogP contribution in [0.25, 0.3) is 0 Å². The van der Waals surface area contributed by atoms with Gasteiger partial charge in [-0.15, -0.1) is 0 Å². The van der Waals surface area contributed by atoms with Crippen LogP contribution in [0.15, 0.2) is 59.3 Å². The van der Waals surface area contributed by atoms with Crippen LogP contribution in [0.1, 0.15) is 53.4 Å². The summed E-state index contributed by atoms with van der Waals surface area (Å²) in [7, 11) is 0. The lowest BCUT2D eigenvalue weighted by Crippen LogP contribution is -2.50. The molecule has 2 aliphatic rings. The minimum absolute atomic E-state index is 0.204. The Morgan fingerprint density at radius 3 is 2.60 bits per heavy atom. The molecule has 1 saturated carbocycles. The number of carbonyl (C=O) groups is 2. The van der Waals surface area contributed by atoms with Crippen molar-refractivity contribution in [2.45, 2.75) is 50.7 Å². The Bertz CT molecular complexity index is 1050. The minimum Gasteiger partial charge on any atom is -0.459 e. The fourth-order valence-electron chi connectivity index (χ4n) is 4.58. The fraction of sp³-hybridized carbons (Fsp3) is 0.348. The van der Waals surface area contributed by atoms with Gasteiger partial charge in [0.1, 0.15) is 11.9 Å². The van der Waals surface area contributed by atoms with E-state index in [1.807, 2.05) is 35.0 Å². The molecule has 7 heteroatoms. The lowest BCUT2D eigenvalue weighted by molar-refractivity contribution is -0.121. The molecular formula is C23H24N4O3. The number of carbonyl (C=O) groups excluding carboxylic acids is 2.